The van der Waals surface area contributed by atoms with Gasteiger partial charge in [-0.25, -0.2) is 0 Å². The average molecular weight is 211 g/mol. The van der Waals surface area contributed by atoms with Gasteiger partial charge in [0.1, 0.15) is 0 Å². The Balaban J connectivity index is 1.96. The van der Waals surface area contributed by atoms with Gasteiger partial charge >= 0.3 is 0 Å². The summed E-state index contributed by atoms with van der Waals surface area (Å²) in [5, 5.41) is 3.38. The van der Waals surface area contributed by atoms with Crippen molar-refractivity contribution in [1.82, 2.24) is 15.1 Å². The average Bonchev–Trinajstić information content (AvgIpc) is 2.40. The van der Waals surface area contributed by atoms with Crippen LogP contribution in [0.15, 0.2) is 0 Å². The lowest BCUT2D eigenvalue weighted by molar-refractivity contribution is -0.133. The summed E-state index contributed by atoms with van der Waals surface area (Å²) in [4.78, 5) is 16.2. The number of nitrogens with one attached hydrogen (secondary N) is 1. The van der Waals surface area contributed by atoms with E-state index < -0.39 is 0 Å². The Labute approximate surface area is 91.6 Å². The molecule has 1 N–H and O–H groups in total. The molecule has 2 aliphatic heterocycles. The van der Waals surface area contributed by atoms with Gasteiger partial charge in [-0.05, 0) is 32.9 Å². The van der Waals surface area contributed by atoms with Gasteiger partial charge in [0.2, 0.25) is 5.91 Å². The highest BCUT2D eigenvalue weighted by atomic mass is 16.2. The van der Waals surface area contributed by atoms with Gasteiger partial charge in [0, 0.05) is 25.7 Å². The number of hydrogen-bond acceptors (Lipinski definition) is 3. The van der Waals surface area contributed by atoms with Crippen LogP contribution in [0.3, 0.4) is 0 Å². The number of piperidine rings is 1. The van der Waals surface area contributed by atoms with Crippen LogP contribution in [0.5, 0.6) is 0 Å². The van der Waals surface area contributed by atoms with E-state index in [0.717, 1.165) is 32.6 Å². The molecule has 0 aliphatic carbocycles. The normalized spacial score (nSPS) is 30.3. The third kappa shape index (κ3) is 2.69. The van der Waals surface area contributed by atoms with Crippen LogP contribution in [0.25, 0.3) is 0 Å². The number of carbonyl (C=O) groups is 1. The Morgan fingerprint density at radius 2 is 2.20 bits per heavy atom. The highest BCUT2D eigenvalue weighted by molar-refractivity contribution is 5.78. The van der Waals surface area contributed by atoms with Crippen LogP contribution in [0, 0.1) is 0 Å². The molecular weight excluding hydrogens is 190 g/mol. The fourth-order valence-corrected chi connectivity index (χ4v) is 2.52. The van der Waals surface area contributed by atoms with Crippen molar-refractivity contribution in [2.75, 3.05) is 39.8 Å². The second kappa shape index (κ2) is 4.94. The summed E-state index contributed by atoms with van der Waals surface area (Å²) in [7, 11) is 2.03. The van der Waals surface area contributed by atoms with Crippen molar-refractivity contribution >= 4 is 5.91 Å². The molecule has 0 aromatic carbocycles. The van der Waals surface area contributed by atoms with Crippen molar-refractivity contribution in [3.8, 4) is 0 Å². The maximum absolute atomic E-state index is 12.0. The summed E-state index contributed by atoms with van der Waals surface area (Å²) in [6.07, 6.45) is 3.48. The Kier molecular flexibility index (Phi) is 3.59. The topological polar surface area (TPSA) is 35.6 Å². The number of amides is 1. The van der Waals surface area contributed by atoms with E-state index in [-0.39, 0.29) is 0 Å². The van der Waals surface area contributed by atoms with Crippen molar-refractivity contribution in [2.45, 2.75) is 25.3 Å². The second-order valence-electron chi connectivity index (χ2n) is 4.68. The smallest absolute Gasteiger partial charge is 0.237 e. The summed E-state index contributed by atoms with van der Waals surface area (Å²) in [6, 6.07) is 0.442. The zero-order valence-electron chi connectivity index (χ0n) is 9.54. The number of rotatable bonds is 1. The minimum Gasteiger partial charge on any atom is -0.337 e. The standard InChI is InChI=1S/C11H21N3O/c1-13-6-3-7-14(11(15)9-13)10-4-2-5-12-8-10/h10,12H,2-9H2,1H3. The summed E-state index contributed by atoms with van der Waals surface area (Å²) in [6.45, 7) is 4.67. The molecule has 2 aliphatic rings. The maximum Gasteiger partial charge on any atom is 0.237 e. The van der Waals surface area contributed by atoms with Gasteiger partial charge in [-0.2, -0.15) is 0 Å². The molecule has 0 radical (unpaired) electrons. The molecule has 1 atom stereocenters. The first-order valence-electron chi connectivity index (χ1n) is 5.96. The number of likely N-dealkylation sites (N-methyl/N-ethyl adjacent to an activating group) is 1. The van der Waals surface area contributed by atoms with Crippen molar-refractivity contribution in [3.05, 3.63) is 0 Å². The molecule has 4 heteroatoms. The quantitative estimate of drug-likeness (QED) is 0.658. The van der Waals surface area contributed by atoms with Crippen molar-refractivity contribution in [3.63, 3.8) is 0 Å². The van der Waals surface area contributed by atoms with Crippen molar-refractivity contribution in [2.24, 2.45) is 0 Å². The minimum absolute atomic E-state index is 0.309. The van der Waals surface area contributed by atoms with Gasteiger partial charge in [0.05, 0.1) is 6.54 Å². The fraction of sp³-hybridized carbons (Fsp3) is 0.909. The lowest BCUT2D eigenvalue weighted by atomic mass is 10.1. The van der Waals surface area contributed by atoms with Crippen molar-refractivity contribution < 1.29 is 4.79 Å². The van der Waals surface area contributed by atoms with Crippen molar-refractivity contribution in [1.29, 1.82) is 0 Å². The Bertz CT molecular complexity index is 226. The Morgan fingerprint density at radius 1 is 1.33 bits per heavy atom. The van der Waals surface area contributed by atoms with Crippen LogP contribution in [-0.2, 0) is 4.79 Å². The van der Waals surface area contributed by atoms with Gasteiger partial charge in [-0.3, -0.25) is 9.69 Å². The largest absolute Gasteiger partial charge is 0.337 e. The highest BCUT2D eigenvalue weighted by Crippen LogP contribution is 2.13. The van der Waals surface area contributed by atoms with Gasteiger partial charge in [0.25, 0.3) is 0 Å². The molecule has 2 rings (SSSR count). The second-order valence-corrected chi connectivity index (χ2v) is 4.68. The van der Waals surface area contributed by atoms with Gasteiger partial charge < -0.3 is 10.2 Å². The van der Waals surface area contributed by atoms with E-state index in [2.05, 4.69) is 15.1 Å². The molecule has 0 saturated carbocycles. The van der Waals surface area contributed by atoms with E-state index in [0.29, 0.717) is 18.5 Å². The molecule has 0 aromatic rings. The maximum atomic E-state index is 12.0. The van der Waals surface area contributed by atoms with E-state index in [1.165, 1.54) is 12.8 Å². The molecule has 86 valence electrons. The third-order valence-electron chi connectivity index (χ3n) is 3.38. The number of nitrogens with zero attached hydrogens (tertiary/aromatic N) is 2. The summed E-state index contributed by atoms with van der Waals surface area (Å²) in [5.41, 5.74) is 0. The monoisotopic (exact) mass is 211 g/mol. The van der Waals surface area contributed by atoms with Crippen LogP contribution >= 0.6 is 0 Å². The Hall–Kier alpha value is -0.610. The van der Waals surface area contributed by atoms with Crippen LogP contribution in [-0.4, -0.2) is 61.5 Å². The van der Waals surface area contributed by atoms with E-state index in [4.69, 9.17) is 0 Å². The fourth-order valence-electron chi connectivity index (χ4n) is 2.52. The predicted octanol–water partition coefficient (Wildman–Crippen LogP) is -0.0975. The van der Waals surface area contributed by atoms with E-state index in [1.807, 2.05) is 7.05 Å². The summed E-state index contributed by atoms with van der Waals surface area (Å²) >= 11 is 0. The van der Waals surface area contributed by atoms with Gasteiger partial charge in [0.15, 0.2) is 0 Å². The van der Waals surface area contributed by atoms with Gasteiger partial charge in [-0.15, -0.1) is 0 Å². The lowest BCUT2D eigenvalue weighted by Crippen LogP contribution is -2.49. The first-order chi connectivity index (χ1) is 7.27. The van der Waals surface area contributed by atoms with E-state index >= 15 is 0 Å². The number of carbonyl (C=O) groups excluding carboxylic acids is 1. The van der Waals surface area contributed by atoms with Crippen LogP contribution < -0.4 is 5.32 Å². The molecule has 1 unspecified atom stereocenters. The first kappa shape index (κ1) is 10.9. The lowest BCUT2D eigenvalue weighted by Gasteiger charge is -2.33. The Morgan fingerprint density at radius 3 is 2.93 bits per heavy atom. The molecule has 0 bridgehead atoms. The third-order valence-corrected chi connectivity index (χ3v) is 3.38. The minimum atomic E-state index is 0.309. The molecule has 2 saturated heterocycles. The number of hydrogen-bond donors (Lipinski definition) is 1. The molecule has 1 amide bonds. The molecule has 0 spiro atoms. The van der Waals surface area contributed by atoms with Gasteiger partial charge in [-0.1, -0.05) is 0 Å². The zero-order valence-corrected chi connectivity index (χ0v) is 9.54. The summed E-state index contributed by atoms with van der Waals surface area (Å²) < 4.78 is 0. The first-order valence-corrected chi connectivity index (χ1v) is 5.96. The van der Waals surface area contributed by atoms with Crippen LogP contribution in [0.4, 0.5) is 0 Å². The SMILES string of the molecule is CN1CCCN(C2CCCNC2)C(=O)C1. The van der Waals surface area contributed by atoms with E-state index in [1.54, 1.807) is 0 Å². The predicted molar refractivity (Wildman–Crippen MR) is 59.7 cm³/mol. The molecule has 2 fully saturated rings. The van der Waals surface area contributed by atoms with E-state index in [9.17, 15) is 4.79 Å². The molecule has 0 aromatic heterocycles. The van der Waals surface area contributed by atoms with Crippen LogP contribution in [0.2, 0.25) is 0 Å². The summed E-state index contributed by atoms with van der Waals surface area (Å²) in [5.74, 6) is 0.309. The molecule has 2 heterocycles. The van der Waals surface area contributed by atoms with Crippen LogP contribution in [0.1, 0.15) is 19.3 Å². The molecule has 4 nitrogen and oxygen atoms in total. The highest BCUT2D eigenvalue weighted by Gasteiger charge is 2.27. The molecular formula is C11H21N3O. The zero-order chi connectivity index (χ0) is 10.7. The molecule has 15 heavy (non-hydrogen) atoms.